The maximum absolute atomic E-state index is 5.32. The van der Waals surface area contributed by atoms with Gasteiger partial charge in [-0.2, -0.15) is 5.56 Å². The van der Waals surface area contributed by atoms with Crippen LogP contribution >= 0.6 is 15.9 Å². The van der Waals surface area contributed by atoms with E-state index in [-0.39, 0.29) is 44.1 Å². The number of ether oxygens (including phenoxy) is 1. The van der Waals surface area contributed by atoms with Gasteiger partial charge >= 0.3 is 0 Å². The van der Waals surface area contributed by atoms with Crippen molar-refractivity contribution >= 4 is 21.6 Å². The first-order chi connectivity index (χ1) is 8.70. The number of rotatable bonds is 3. The minimum absolute atomic E-state index is 0. The van der Waals surface area contributed by atoms with Crippen molar-refractivity contribution in [3.05, 3.63) is 48.2 Å². The first-order valence-corrected chi connectivity index (χ1v) is 6.49. The number of allylic oxidation sites excluding steroid dienone is 2. The van der Waals surface area contributed by atoms with Crippen molar-refractivity contribution in [1.82, 2.24) is 5.32 Å². The number of alkyl halides is 1. The van der Waals surface area contributed by atoms with Crippen molar-refractivity contribution in [1.29, 1.82) is 0 Å². The normalized spacial score (nSPS) is 17.6. The molecular weight excluding hydrogens is 379 g/mol. The Morgan fingerprint density at radius 1 is 1.47 bits per heavy atom. The van der Waals surface area contributed by atoms with Gasteiger partial charge in [0.1, 0.15) is 12.4 Å². The Bertz CT molecular complexity index is 516. The summed E-state index contributed by atoms with van der Waals surface area (Å²) in [6.07, 6.45) is 9.26. The van der Waals surface area contributed by atoms with Crippen LogP contribution in [-0.4, -0.2) is 11.4 Å². The van der Waals surface area contributed by atoms with Gasteiger partial charge in [0.25, 0.3) is 0 Å². The number of terminal acetylenes is 1. The van der Waals surface area contributed by atoms with Gasteiger partial charge in [0.15, 0.2) is 0 Å². The zero-order valence-electron chi connectivity index (χ0n) is 10.4. The standard InChI is InChI=1S/C15H13BrNO.Y/c1-3-10-18-13-6-4-12(5-7-13)15-9-8-14(16)11(2)17-15;/h1,4-7,14,17H,2,8,10H2;/q-1;. The van der Waals surface area contributed by atoms with Gasteiger partial charge in [-0.05, 0) is 12.1 Å². The van der Waals surface area contributed by atoms with Gasteiger partial charge in [-0.15, -0.1) is 24.3 Å². The number of nitrogens with one attached hydrogen (secondary N) is 1. The molecule has 2 rings (SSSR count). The Hall–Kier alpha value is -0.556. The Labute approximate surface area is 147 Å². The summed E-state index contributed by atoms with van der Waals surface area (Å²) in [6, 6.07) is 7.74. The molecule has 1 aliphatic rings. The predicted octanol–water partition coefficient (Wildman–Crippen LogP) is 3.11. The molecule has 4 heteroatoms. The van der Waals surface area contributed by atoms with E-state index in [1.807, 2.05) is 24.3 Å². The minimum Gasteiger partial charge on any atom is -0.481 e. The molecule has 0 aliphatic carbocycles. The van der Waals surface area contributed by atoms with Crippen LogP contribution in [0.4, 0.5) is 0 Å². The van der Waals surface area contributed by atoms with Crippen LogP contribution in [0.2, 0.25) is 0 Å². The summed E-state index contributed by atoms with van der Waals surface area (Å²) >= 11 is 3.52. The monoisotopic (exact) mass is 391 g/mol. The third kappa shape index (κ3) is 4.49. The van der Waals surface area contributed by atoms with E-state index in [0.29, 0.717) is 0 Å². The van der Waals surface area contributed by atoms with Gasteiger partial charge in [-0.25, -0.2) is 6.08 Å². The summed E-state index contributed by atoms with van der Waals surface area (Å²) in [4.78, 5) is 0.250. The van der Waals surface area contributed by atoms with E-state index in [0.717, 1.165) is 29.1 Å². The fraction of sp³-hybridized carbons (Fsp3) is 0.200. The van der Waals surface area contributed by atoms with Crippen molar-refractivity contribution in [2.75, 3.05) is 6.61 Å². The quantitative estimate of drug-likeness (QED) is 0.485. The predicted molar refractivity (Wildman–Crippen MR) is 77.0 cm³/mol. The summed E-state index contributed by atoms with van der Waals surface area (Å²) in [7, 11) is 0. The molecule has 0 fully saturated rings. The number of benzene rings is 1. The van der Waals surface area contributed by atoms with E-state index in [1.54, 1.807) is 0 Å². The van der Waals surface area contributed by atoms with Gasteiger partial charge in [-0.3, -0.25) is 0 Å². The molecule has 1 atom stereocenters. The maximum atomic E-state index is 5.32. The molecule has 0 saturated heterocycles. The van der Waals surface area contributed by atoms with E-state index in [1.165, 1.54) is 0 Å². The minimum atomic E-state index is 0. The van der Waals surface area contributed by atoms with E-state index >= 15 is 0 Å². The summed E-state index contributed by atoms with van der Waals surface area (Å²) in [5, 5.41) is 3.24. The summed E-state index contributed by atoms with van der Waals surface area (Å²) in [6.45, 7) is 4.25. The van der Waals surface area contributed by atoms with E-state index in [4.69, 9.17) is 11.2 Å². The van der Waals surface area contributed by atoms with E-state index in [9.17, 15) is 0 Å². The fourth-order valence-corrected chi connectivity index (χ4v) is 1.89. The van der Waals surface area contributed by atoms with Crippen molar-refractivity contribution in [2.45, 2.75) is 11.2 Å². The molecule has 1 radical (unpaired) electrons. The number of hydrogen-bond donors (Lipinski definition) is 1. The largest absolute Gasteiger partial charge is 0.481 e. The van der Waals surface area contributed by atoms with Crippen LogP contribution < -0.4 is 10.1 Å². The van der Waals surface area contributed by atoms with Gasteiger partial charge in [-0.1, -0.05) is 34.9 Å². The molecule has 95 valence electrons. The molecule has 0 amide bonds. The molecule has 1 aromatic carbocycles. The Kier molecular flexibility index (Phi) is 6.85. The Morgan fingerprint density at radius 3 is 2.74 bits per heavy atom. The van der Waals surface area contributed by atoms with Crippen LogP contribution in [0.25, 0.3) is 5.70 Å². The Morgan fingerprint density at radius 2 is 2.16 bits per heavy atom. The zero-order chi connectivity index (χ0) is 13.0. The van der Waals surface area contributed by atoms with E-state index < -0.39 is 0 Å². The van der Waals surface area contributed by atoms with Gasteiger partial charge in [0.2, 0.25) is 0 Å². The molecule has 19 heavy (non-hydrogen) atoms. The van der Waals surface area contributed by atoms with Gasteiger partial charge in [0, 0.05) is 43.2 Å². The maximum Gasteiger partial charge on any atom is 0.148 e. The topological polar surface area (TPSA) is 21.3 Å². The first kappa shape index (κ1) is 16.5. The fourth-order valence-electron chi connectivity index (χ4n) is 1.61. The molecular formula is C15H13BrNOY-. The van der Waals surface area contributed by atoms with E-state index in [2.05, 4.69) is 39.8 Å². The molecule has 1 aliphatic heterocycles. The van der Waals surface area contributed by atoms with Crippen LogP contribution in [0, 0.1) is 18.4 Å². The smallest absolute Gasteiger partial charge is 0.148 e. The molecule has 0 saturated carbocycles. The summed E-state index contributed by atoms with van der Waals surface area (Å²) < 4.78 is 5.32. The van der Waals surface area contributed by atoms with Crippen LogP contribution in [-0.2, 0) is 32.7 Å². The van der Waals surface area contributed by atoms with Crippen LogP contribution in [0.1, 0.15) is 12.0 Å². The number of hydrogen-bond acceptors (Lipinski definition) is 2. The summed E-state index contributed by atoms with van der Waals surface area (Å²) in [5.41, 5.74) is 2.97. The van der Waals surface area contributed by atoms with Crippen LogP contribution in [0.3, 0.4) is 0 Å². The second-order valence-electron chi connectivity index (χ2n) is 3.89. The van der Waals surface area contributed by atoms with Crippen molar-refractivity contribution < 1.29 is 37.4 Å². The molecule has 1 heterocycles. The second kappa shape index (κ2) is 7.89. The molecule has 1 N–H and O–H groups in total. The van der Waals surface area contributed by atoms with Gasteiger partial charge < -0.3 is 10.1 Å². The third-order valence-electron chi connectivity index (χ3n) is 2.59. The zero-order valence-corrected chi connectivity index (χ0v) is 14.9. The molecule has 0 spiro atoms. The van der Waals surface area contributed by atoms with Crippen molar-refractivity contribution in [2.24, 2.45) is 0 Å². The molecule has 2 nitrogen and oxygen atoms in total. The van der Waals surface area contributed by atoms with Crippen LogP contribution in [0.15, 0.2) is 36.5 Å². The van der Waals surface area contributed by atoms with Gasteiger partial charge in [0.05, 0.1) is 0 Å². The molecule has 0 aromatic heterocycles. The second-order valence-corrected chi connectivity index (χ2v) is 5.00. The first-order valence-electron chi connectivity index (χ1n) is 5.58. The average molecular weight is 392 g/mol. The van der Waals surface area contributed by atoms with Crippen molar-refractivity contribution in [3.63, 3.8) is 0 Å². The third-order valence-corrected chi connectivity index (χ3v) is 3.46. The Balaban J connectivity index is 0.00000180. The number of halogens is 1. The molecule has 0 bridgehead atoms. The molecule has 1 aromatic rings. The van der Waals surface area contributed by atoms with Crippen LogP contribution in [0.5, 0.6) is 5.75 Å². The SMILES string of the molecule is C#CCOc1ccc(C2=[C-]CC(Br)C(=C)N2)cc1.[Y]. The summed E-state index contributed by atoms with van der Waals surface area (Å²) in [5.74, 6) is 3.20. The molecule has 1 unspecified atom stereocenters. The average Bonchev–Trinajstić information content (AvgIpc) is 2.40. The van der Waals surface area contributed by atoms with Crippen molar-refractivity contribution in [3.8, 4) is 18.1 Å².